The molecule has 1 rings (SSSR count). The van der Waals surface area contributed by atoms with Gasteiger partial charge in [0, 0.05) is 19.9 Å². The maximum absolute atomic E-state index is 11.7. The van der Waals surface area contributed by atoms with Crippen LogP contribution < -0.4 is 0 Å². The SMILES string of the molecule is CCc1nn(C)c(CCC(=O)CC(C)C)c1Br. The third-order valence-corrected chi connectivity index (χ3v) is 3.69. The molecule has 0 saturated carbocycles. The van der Waals surface area contributed by atoms with E-state index in [9.17, 15) is 4.79 Å². The Labute approximate surface area is 112 Å². The molecule has 3 nitrogen and oxygen atoms in total. The molecule has 1 aromatic rings. The number of aryl methyl sites for hydroxylation is 2. The van der Waals surface area contributed by atoms with Crippen molar-refractivity contribution in [3.05, 3.63) is 15.9 Å². The van der Waals surface area contributed by atoms with E-state index in [1.807, 2.05) is 11.7 Å². The quantitative estimate of drug-likeness (QED) is 0.808. The van der Waals surface area contributed by atoms with Gasteiger partial charge in [0.25, 0.3) is 0 Å². The Bertz CT molecular complexity index is 396. The minimum Gasteiger partial charge on any atom is -0.300 e. The van der Waals surface area contributed by atoms with E-state index in [1.165, 1.54) is 0 Å². The van der Waals surface area contributed by atoms with E-state index in [4.69, 9.17) is 0 Å². The van der Waals surface area contributed by atoms with Crippen LogP contribution in [0, 0.1) is 5.92 Å². The summed E-state index contributed by atoms with van der Waals surface area (Å²) < 4.78 is 2.95. The standard InChI is InChI=1S/C13H21BrN2O/c1-5-11-13(14)12(16(4)15-11)7-6-10(17)8-9(2)3/h9H,5-8H2,1-4H3. The molecule has 0 saturated heterocycles. The summed E-state index contributed by atoms with van der Waals surface area (Å²) in [6.07, 6.45) is 2.97. The summed E-state index contributed by atoms with van der Waals surface area (Å²) in [5, 5.41) is 4.43. The molecule has 0 N–H and O–H groups in total. The predicted octanol–water partition coefficient (Wildman–Crippen LogP) is 3.29. The van der Waals surface area contributed by atoms with Crippen LogP contribution in [0.1, 0.15) is 45.0 Å². The maximum atomic E-state index is 11.7. The van der Waals surface area contributed by atoms with Crippen molar-refractivity contribution in [1.29, 1.82) is 0 Å². The van der Waals surface area contributed by atoms with Crippen molar-refractivity contribution < 1.29 is 4.79 Å². The van der Waals surface area contributed by atoms with E-state index < -0.39 is 0 Å². The first-order chi connectivity index (χ1) is 7.95. The van der Waals surface area contributed by atoms with Crippen molar-refractivity contribution in [3.8, 4) is 0 Å². The van der Waals surface area contributed by atoms with Gasteiger partial charge in [-0.15, -0.1) is 0 Å². The normalized spacial score (nSPS) is 11.2. The summed E-state index contributed by atoms with van der Waals surface area (Å²) in [6.45, 7) is 6.24. The number of nitrogens with zero attached hydrogens (tertiary/aromatic N) is 2. The van der Waals surface area contributed by atoms with Crippen molar-refractivity contribution >= 4 is 21.7 Å². The van der Waals surface area contributed by atoms with Crippen molar-refractivity contribution in [2.24, 2.45) is 13.0 Å². The lowest BCUT2D eigenvalue weighted by Crippen LogP contribution is -2.06. The van der Waals surface area contributed by atoms with E-state index >= 15 is 0 Å². The van der Waals surface area contributed by atoms with Crippen molar-refractivity contribution in [2.45, 2.75) is 46.5 Å². The second-order valence-corrected chi connectivity index (χ2v) is 5.61. The lowest BCUT2D eigenvalue weighted by atomic mass is 10.0. The highest BCUT2D eigenvalue weighted by Crippen LogP contribution is 2.23. The Morgan fingerprint density at radius 2 is 2.12 bits per heavy atom. The first-order valence-corrected chi connectivity index (χ1v) is 6.96. The molecule has 0 aliphatic heterocycles. The molecule has 0 aliphatic carbocycles. The lowest BCUT2D eigenvalue weighted by molar-refractivity contribution is -0.119. The van der Waals surface area contributed by atoms with Gasteiger partial charge in [-0.2, -0.15) is 5.10 Å². The second kappa shape index (κ2) is 6.34. The van der Waals surface area contributed by atoms with E-state index in [0.717, 1.165) is 28.7 Å². The number of carbonyl (C=O) groups excluding carboxylic acids is 1. The Morgan fingerprint density at radius 3 is 2.59 bits per heavy atom. The van der Waals surface area contributed by atoms with E-state index in [0.29, 0.717) is 24.5 Å². The van der Waals surface area contributed by atoms with Gasteiger partial charge >= 0.3 is 0 Å². The van der Waals surface area contributed by atoms with Gasteiger partial charge in [0.1, 0.15) is 5.78 Å². The number of rotatable bonds is 6. The molecule has 0 radical (unpaired) electrons. The van der Waals surface area contributed by atoms with Crippen LogP contribution in [0.3, 0.4) is 0 Å². The molecule has 0 fully saturated rings. The molecular formula is C13H21BrN2O. The van der Waals surface area contributed by atoms with Crippen LogP contribution in [0.4, 0.5) is 0 Å². The fourth-order valence-electron chi connectivity index (χ4n) is 1.91. The van der Waals surface area contributed by atoms with Crippen LogP contribution in [0.5, 0.6) is 0 Å². The van der Waals surface area contributed by atoms with Gasteiger partial charge in [0.05, 0.1) is 15.9 Å². The zero-order chi connectivity index (χ0) is 13.0. The third-order valence-electron chi connectivity index (χ3n) is 2.78. The number of ketones is 1. The maximum Gasteiger partial charge on any atom is 0.133 e. The molecule has 0 aromatic carbocycles. The van der Waals surface area contributed by atoms with E-state index in [1.54, 1.807) is 0 Å². The molecule has 1 heterocycles. The molecule has 17 heavy (non-hydrogen) atoms. The van der Waals surface area contributed by atoms with Gasteiger partial charge in [0.2, 0.25) is 0 Å². The van der Waals surface area contributed by atoms with Crippen LogP contribution in [0.15, 0.2) is 4.47 Å². The summed E-state index contributed by atoms with van der Waals surface area (Å²) >= 11 is 3.57. The van der Waals surface area contributed by atoms with E-state index in [2.05, 4.69) is 41.8 Å². The summed E-state index contributed by atoms with van der Waals surface area (Å²) in [6, 6.07) is 0. The molecule has 0 amide bonds. The number of aromatic nitrogens is 2. The second-order valence-electron chi connectivity index (χ2n) is 4.82. The molecule has 0 atom stereocenters. The first-order valence-electron chi connectivity index (χ1n) is 6.17. The number of Topliss-reactive ketones (excluding diaryl/α,β-unsaturated/α-hetero) is 1. The topological polar surface area (TPSA) is 34.9 Å². The van der Waals surface area contributed by atoms with Gasteiger partial charge in [0.15, 0.2) is 0 Å². The number of hydrogen-bond acceptors (Lipinski definition) is 2. The molecule has 0 spiro atoms. The van der Waals surface area contributed by atoms with Gasteiger partial charge in [-0.25, -0.2) is 0 Å². The largest absolute Gasteiger partial charge is 0.300 e. The fourth-order valence-corrected chi connectivity index (χ4v) is 2.72. The minimum absolute atomic E-state index is 0.339. The molecule has 0 aliphatic rings. The molecule has 0 unspecified atom stereocenters. The average molecular weight is 301 g/mol. The van der Waals surface area contributed by atoms with Crippen molar-refractivity contribution in [1.82, 2.24) is 9.78 Å². The van der Waals surface area contributed by atoms with Crippen LogP contribution >= 0.6 is 15.9 Å². The van der Waals surface area contributed by atoms with Crippen LogP contribution in [-0.2, 0) is 24.7 Å². The Kier molecular flexibility index (Phi) is 5.37. The van der Waals surface area contributed by atoms with Crippen molar-refractivity contribution in [2.75, 3.05) is 0 Å². The third kappa shape index (κ3) is 3.95. The van der Waals surface area contributed by atoms with Crippen molar-refractivity contribution in [3.63, 3.8) is 0 Å². The highest BCUT2D eigenvalue weighted by molar-refractivity contribution is 9.10. The smallest absolute Gasteiger partial charge is 0.133 e. The molecular weight excluding hydrogens is 280 g/mol. The van der Waals surface area contributed by atoms with Crippen LogP contribution in [-0.4, -0.2) is 15.6 Å². The predicted molar refractivity (Wildman–Crippen MR) is 73.1 cm³/mol. The number of halogens is 1. The lowest BCUT2D eigenvalue weighted by Gasteiger charge is -2.05. The van der Waals surface area contributed by atoms with E-state index in [-0.39, 0.29) is 0 Å². The Hall–Kier alpha value is -0.640. The minimum atomic E-state index is 0.339. The summed E-state index contributed by atoms with van der Waals surface area (Å²) in [4.78, 5) is 11.7. The zero-order valence-corrected chi connectivity index (χ0v) is 12.7. The molecule has 0 bridgehead atoms. The summed E-state index contributed by atoms with van der Waals surface area (Å²) in [7, 11) is 1.94. The molecule has 1 aromatic heterocycles. The van der Waals surface area contributed by atoms with Gasteiger partial charge in [-0.3, -0.25) is 9.48 Å². The summed E-state index contributed by atoms with van der Waals surface area (Å²) in [5.41, 5.74) is 2.19. The Balaban J connectivity index is 2.63. The highest BCUT2D eigenvalue weighted by Gasteiger charge is 2.14. The van der Waals surface area contributed by atoms with Gasteiger partial charge < -0.3 is 0 Å². The van der Waals surface area contributed by atoms with Crippen LogP contribution in [0.2, 0.25) is 0 Å². The number of hydrogen-bond donors (Lipinski definition) is 0. The Morgan fingerprint density at radius 1 is 1.47 bits per heavy atom. The first kappa shape index (κ1) is 14.4. The number of carbonyl (C=O) groups is 1. The zero-order valence-electron chi connectivity index (χ0n) is 11.1. The highest BCUT2D eigenvalue weighted by atomic mass is 79.9. The van der Waals surface area contributed by atoms with Gasteiger partial charge in [-0.05, 0) is 34.7 Å². The summed E-state index contributed by atoms with van der Waals surface area (Å²) in [5.74, 6) is 0.787. The molecule has 4 heteroatoms. The fraction of sp³-hybridized carbons (Fsp3) is 0.692. The average Bonchev–Trinajstić information content (AvgIpc) is 2.50. The van der Waals surface area contributed by atoms with Gasteiger partial charge in [-0.1, -0.05) is 20.8 Å². The molecule has 96 valence electrons. The monoisotopic (exact) mass is 300 g/mol. The van der Waals surface area contributed by atoms with Crippen LogP contribution in [0.25, 0.3) is 0 Å².